The van der Waals surface area contributed by atoms with Crippen LogP contribution in [0.25, 0.3) is 10.4 Å². The molecule has 1 saturated heterocycles. The number of piperidine rings is 1. The van der Waals surface area contributed by atoms with Crippen LogP contribution < -0.4 is 5.73 Å². The predicted molar refractivity (Wildman–Crippen MR) is 97.3 cm³/mol. The van der Waals surface area contributed by atoms with Crippen molar-refractivity contribution in [3.05, 3.63) is 46.9 Å². The van der Waals surface area contributed by atoms with Crippen molar-refractivity contribution in [2.45, 2.75) is 31.8 Å². The van der Waals surface area contributed by atoms with E-state index in [2.05, 4.69) is 11.9 Å². The zero-order valence-electron chi connectivity index (χ0n) is 13.7. The van der Waals surface area contributed by atoms with Gasteiger partial charge in [-0.1, -0.05) is 23.7 Å². The van der Waals surface area contributed by atoms with Gasteiger partial charge in [-0.15, -0.1) is 11.3 Å². The summed E-state index contributed by atoms with van der Waals surface area (Å²) in [6.45, 7) is 5.92. The Kier molecular flexibility index (Phi) is 3.67. The second kappa shape index (κ2) is 5.54. The van der Waals surface area contributed by atoms with E-state index in [1.54, 1.807) is 11.0 Å². The van der Waals surface area contributed by atoms with Gasteiger partial charge in [-0.3, -0.25) is 9.59 Å². The van der Waals surface area contributed by atoms with Crippen molar-refractivity contribution in [1.82, 2.24) is 9.88 Å². The third-order valence-electron chi connectivity index (χ3n) is 5.11. The summed E-state index contributed by atoms with van der Waals surface area (Å²) < 4.78 is 0. The molecule has 2 N–H and O–H groups in total. The fourth-order valence-electron chi connectivity index (χ4n) is 3.84. The molecule has 0 unspecified atom stereocenters. The van der Waals surface area contributed by atoms with Gasteiger partial charge < -0.3 is 10.6 Å². The number of aryl methyl sites for hydroxylation is 1. The molecule has 4 rings (SSSR count). The number of amides is 2. The van der Waals surface area contributed by atoms with Gasteiger partial charge in [-0.2, -0.15) is 0 Å². The first-order valence-electron chi connectivity index (χ1n) is 8.02. The number of aromatic nitrogens is 1. The number of carbonyl (C=O) groups is 2. The highest BCUT2D eigenvalue weighted by Gasteiger charge is 2.68. The molecule has 1 saturated carbocycles. The Morgan fingerprint density at radius 3 is 2.84 bits per heavy atom. The molecule has 129 valence electrons. The fraction of sp³-hybridized carbons (Fsp3) is 0.333. The van der Waals surface area contributed by atoms with Crippen LogP contribution in [0, 0.1) is 19.3 Å². The fourth-order valence-corrected chi connectivity index (χ4v) is 4.93. The average molecular weight is 375 g/mol. The van der Waals surface area contributed by atoms with Crippen molar-refractivity contribution in [2.75, 3.05) is 0 Å². The van der Waals surface area contributed by atoms with Crippen molar-refractivity contribution in [2.24, 2.45) is 11.1 Å². The molecular formula is C18H17ClN3O2S. The minimum Gasteiger partial charge on any atom is -0.369 e. The van der Waals surface area contributed by atoms with E-state index in [-0.39, 0.29) is 23.9 Å². The highest BCUT2D eigenvalue weighted by Crippen LogP contribution is 2.59. The molecule has 2 aliphatic rings. The van der Waals surface area contributed by atoms with Crippen molar-refractivity contribution in [3.63, 3.8) is 0 Å². The van der Waals surface area contributed by atoms with Gasteiger partial charge in [-0.05, 0) is 44.4 Å². The summed E-state index contributed by atoms with van der Waals surface area (Å²) in [5.41, 5.74) is 6.21. The number of hydrogen-bond acceptors (Lipinski definition) is 4. The molecule has 1 radical (unpaired) electrons. The van der Waals surface area contributed by atoms with Crippen LogP contribution in [0.4, 0.5) is 0 Å². The standard InChI is InChI=1S/C18H17ClN3O2S/c1-9-7-18(17(20)24)8-13(18)22(9)16(23)14-15(25-10(2)21-14)11-4-3-5-12(19)6-11/h3-6,9,13H,1,7-8H2,2H3,(H2,20,24)/t9-,13-,18+/m0/s1. The van der Waals surface area contributed by atoms with Gasteiger partial charge in [0.1, 0.15) is 5.69 Å². The number of nitrogens with zero attached hydrogens (tertiary/aromatic N) is 2. The van der Waals surface area contributed by atoms with Crippen molar-refractivity contribution >= 4 is 34.8 Å². The Bertz CT molecular complexity index is 896. The van der Waals surface area contributed by atoms with Crippen molar-refractivity contribution < 1.29 is 9.59 Å². The molecule has 2 heterocycles. The van der Waals surface area contributed by atoms with E-state index in [0.717, 1.165) is 15.4 Å². The van der Waals surface area contributed by atoms with Crippen LogP contribution in [-0.2, 0) is 4.79 Å². The Hall–Kier alpha value is -1.92. The molecule has 1 aromatic carbocycles. The minimum atomic E-state index is -0.594. The number of fused-ring (bicyclic) bond motifs is 1. The number of hydrogen-bond donors (Lipinski definition) is 1. The maximum atomic E-state index is 13.2. The predicted octanol–water partition coefficient (Wildman–Crippen LogP) is 3.06. The van der Waals surface area contributed by atoms with E-state index in [0.29, 0.717) is 23.6 Å². The first kappa shape index (κ1) is 16.5. The number of carbonyl (C=O) groups excluding carboxylic acids is 2. The lowest BCUT2D eigenvalue weighted by Crippen LogP contribution is -2.37. The summed E-state index contributed by atoms with van der Waals surface area (Å²) in [6, 6.07) is 6.94. The zero-order chi connectivity index (χ0) is 17.9. The second-order valence-corrected chi connectivity index (χ2v) is 8.37. The van der Waals surface area contributed by atoms with E-state index < -0.39 is 5.41 Å². The van der Waals surface area contributed by atoms with Gasteiger partial charge in [0, 0.05) is 17.1 Å². The summed E-state index contributed by atoms with van der Waals surface area (Å²) >= 11 is 7.55. The topological polar surface area (TPSA) is 76.3 Å². The lowest BCUT2D eigenvalue weighted by Gasteiger charge is -2.23. The van der Waals surface area contributed by atoms with Gasteiger partial charge in [0.05, 0.1) is 15.3 Å². The van der Waals surface area contributed by atoms with Crippen LogP contribution in [0.5, 0.6) is 0 Å². The van der Waals surface area contributed by atoms with E-state index in [1.165, 1.54) is 11.3 Å². The number of benzene rings is 1. The highest BCUT2D eigenvalue weighted by atomic mass is 35.5. The van der Waals surface area contributed by atoms with Crippen LogP contribution in [0.15, 0.2) is 24.3 Å². The first-order chi connectivity index (χ1) is 11.8. The molecule has 2 amide bonds. The summed E-state index contributed by atoms with van der Waals surface area (Å²) in [5, 5.41) is 1.41. The van der Waals surface area contributed by atoms with Gasteiger partial charge in [0.15, 0.2) is 0 Å². The summed E-state index contributed by atoms with van der Waals surface area (Å²) in [6.07, 6.45) is 1.14. The molecule has 2 fully saturated rings. The van der Waals surface area contributed by atoms with Crippen LogP contribution in [-0.4, -0.2) is 33.8 Å². The molecule has 5 nitrogen and oxygen atoms in total. The molecule has 7 heteroatoms. The van der Waals surface area contributed by atoms with Crippen LogP contribution in [0.2, 0.25) is 5.02 Å². The van der Waals surface area contributed by atoms with Gasteiger partial charge >= 0.3 is 0 Å². The zero-order valence-corrected chi connectivity index (χ0v) is 15.2. The first-order valence-corrected chi connectivity index (χ1v) is 9.22. The number of halogens is 1. The Morgan fingerprint density at radius 1 is 1.44 bits per heavy atom. The molecule has 25 heavy (non-hydrogen) atoms. The van der Waals surface area contributed by atoms with E-state index in [1.807, 2.05) is 25.1 Å². The van der Waals surface area contributed by atoms with Crippen LogP contribution >= 0.6 is 22.9 Å². The van der Waals surface area contributed by atoms with Gasteiger partial charge in [0.25, 0.3) is 5.91 Å². The van der Waals surface area contributed by atoms with Crippen LogP contribution in [0.3, 0.4) is 0 Å². The third kappa shape index (κ3) is 2.47. The number of rotatable bonds is 3. The Labute approximate surface area is 154 Å². The lowest BCUT2D eigenvalue weighted by atomic mass is 10.00. The molecule has 1 aliphatic carbocycles. The van der Waals surface area contributed by atoms with Crippen molar-refractivity contribution in [1.29, 1.82) is 0 Å². The normalized spacial score (nSPS) is 27.2. The molecular weight excluding hydrogens is 358 g/mol. The second-order valence-electron chi connectivity index (χ2n) is 6.73. The highest BCUT2D eigenvalue weighted by molar-refractivity contribution is 7.15. The van der Waals surface area contributed by atoms with Crippen molar-refractivity contribution in [3.8, 4) is 10.4 Å². The largest absolute Gasteiger partial charge is 0.369 e. The molecule has 1 aromatic heterocycles. The van der Waals surface area contributed by atoms with E-state index in [4.69, 9.17) is 17.3 Å². The maximum absolute atomic E-state index is 13.2. The molecule has 2 aromatic rings. The van der Waals surface area contributed by atoms with E-state index >= 15 is 0 Å². The number of thiazole rings is 1. The van der Waals surface area contributed by atoms with Crippen LogP contribution in [0.1, 0.15) is 28.3 Å². The SMILES string of the molecule is [CH2][C@H]1C[C@@]2(C(N)=O)C[C@@H]2N1C(=O)c1nc(C)sc1-c1cccc(Cl)c1. The summed E-state index contributed by atoms with van der Waals surface area (Å²) in [5.74, 6) is -0.532. The van der Waals surface area contributed by atoms with Gasteiger partial charge in [-0.25, -0.2) is 4.98 Å². The maximum Gasteiger partial charge on any atom is 0.274 e. The number of likely N-dealkylation sites (tertiary alicyclic amines) is 1. The third-order valence-corrected chi connectivity index (χ3v) is 6.37. The molecule has 1 aliphatic heterocycles. The van der Waals surface area contributed by atoms with Gasteiger partial charge in [0.2, 0.25) is 5.91 Å². The average Bonchev–Trinajstić information content (AvgIpc) is 2.98. The smallest absolute Gasteiger partial charge is 0.274 e. The number of primary amides is 1. The molecule has 3 atom stereocenters. The minimum absolute atomic E-state index is 0.158. The number of nitrogens with two attached hydrogens (primary N) is 1. The summed E-state index contributed by atoms with van der Waals surface area (Å²) in [7, 11) is 0. The Balaban J connectivity index is 1.72. The quantitative estimate of drug-likeness (QED) is 0.896. The lowest BCUT2D eigenvalue weighted by molar-refractivity contribution is -0.123. The summed E-state index contributed by atoms with van der Waals surface area (Å²) in [4.78, 5) is 31.9. The monoisotopic (exact) mass is 374 g/mol. The molecule has 0 bridgehead atoms. The Morgan fingerprint density at radius 2 is 2.20 bits per heavy atom. The van der Waals surface area contributed by atoms with E-state index in [9.17, 15) is 9.59 Å². The molecule has 0 spiro atoms.